The Morgan fingerprint density at radius 3 is 2.31 bits per heavy atom. The summed E-state index contributed by atoms with van der Waals surface area (Å²) in [5.74, 6) is -0.331. The fourth-order valence-electron chi connectivity index (χ4n) is 0.617. The highest BCUT2D eigenvalue weighted by Gasteiger charge is 2.20. The molecule has 0 aromatic carbocycles. The maximum atomic E-state index is 10.9. The quantitative estimate of drug-likeness (QED) is 0.494. The molecule has 0 aromatic rings. The fraction of sp³-hybridized carbons (Fsp3) is 0.571. The van der Waals surface area contributed by atoms with Gasteiger partial charge in [-0.05, 0) is 18.9 Å². The predicted molar refractivity (Wildman–Crippen MR) is 46.6 cm³/mol. The first-order chi connectivity index (χ1) is 5.75. The number of hydrogen-bond donors (Lipinski definition) is 2. The Labute approximate surface area is 76.8 Å². The molecule has 1 unspecified atom stereocenters. The number of hydrogen-bond acceptors (Lipinski definition) is 4. The van der Waals surface area contributed by atoms with Gasteiger partial charge in [0.25, 0.3) is 10.1 Å². The van der Waals surface area contributed by atoms with Crippen LogP contribution in [0.5, 0.6) is 0 Å². The van der Waals surface area contributed by atoms with Crippen LogP contribution in [0.4, 0.5) is 0 Å². The van der Waals surface area contributed by atoms with Crippen LogP contribution in [0.1, 0.15) is 19.8 Å². The Hall–Kier alpha value is -0.720. The van der Waals surface area contributed by atoms with E-state index in [4.69, 9.17) is 9.66 Å². The number of aliphatic hydroxyl groups excluding tert-OH is 1. The monoisotopic (exact) mass is 208 g/mol. The van der Waals surface area contributed by atoms with Gasteiger partial charge in [0.15, 0.2) is 11.2 Å². The number of carbonyl (C=O) groups excluding carboxylic acids is 1. The minimum absolute atomic E-state index is 0.143. The molecule has 0 aliphatic carbocycles. The summed E-state index contributed by atoms with van der Waals surface area (Å²) in [6, 6.07) is 0. The molecule has 0 aliphatic rings. The van der Waals surface area contributed by atoms with E-state index in [9.17, 15) is 13.2 Å². The highest BCUT2D eigenvalue weighted by molar-refractivity contribution is 7.86. The van der Waals surface area contributed by atoms with Crippen LogP contribution in [-0.2, 0) is 14.9 Å². The van der Waals surface area contributed by atoms with E-state index < -0.39 is 15.6 Å². The van der Waals surface area contributed by atoms with Crippen molar-refractivity contribution in [1.29, 1.82) is 0 Å². The van der Waals surface area contributed by atoms with E-state index in [0.29, 0.717) is 5.57 Å². The molecule has 5 nitrogen and oxygen atoms in total. The molecule has 76 valence electrons. The molecule has 0 spiro atoms. The molecule has 0 heterocycles. The van der Waals surface area contributed by atoms with Crippen molar-refractivity contribution in [3.63, 3.8) is 0 Å². The number of Topliss-reactive ketones (excluding diaryl/α,β-unsaturated/α-hetero) is 1. The van der Waals surface area contributed by atoms with E-state index in [-0.39, 0.29) is 18.6 Å². The SMILES string of the molecule is C=C(C)C(=O)CCC(O)S(=O)(=O)O. The van der Waals surface area contributed by atoms with Gasteiger partial charge in [-0.2, -0.15) is 8.42 Å². The Morgan fingerprint density at radius 2 is 2.00 bits per heavy atom. The topological polar surface area (TPSA) is 91.7 Å². The van der Waals surface area contributed by atoms with Gasteiger partial charge in [-0.15, -0.1) is 0 Å². The van der Waals surface area contributed by atoms with E-state index in [2.05, 4.69) is 6.58 Å². The molecule has 0 aliphatic heterocycles. The second-order valence-corrected chi connectivity index (χ2v) is 4.29. The summed E-state index contributed by atoms with van der Waals surface area (Å²) < 4.78 is 28.9. The van der Waals surface area contributed by atoms with Gasteiger partial charge in [0, 0.05) is 6.42 Å². The van der Waals surface area contributed by atoms with Crippen LogP contribution in [-0.4, -0.2) is 29.3 Å². The predicted octanol–water partition coefficient (Wildman–Crippen LogP) is 0.118. The first-order valence-corrected chi connectivity index (χ1v) is 5.08. The lowest BCUT2D eigenvalue weighted by molar-refractivity contribution is -0.115. The third-order valence-electron chi connectivity index (χ3n) is 1.44. The molecule has 0 saturated carbocycles. The van der Waals surface area contributed by atoms with Gasteiger partial charge in [0.1, 0.15) is 0 Å². The molecule has 13 heavy (non-hydrogen) atoms. The number of carbonyl (C=O) groups is 1. The van der Waals surface area contributed by atoms with Crippen LogP contribution < -0.4 is 0 Å². The van der Waals surface area contributed by atoms with Crippen LogP contribution in [0.15, 0.2) is 12.2 Å². The zero-order valence-corrected chi connectivity index (χ0v) is 8.04. The molecule has 0 bridgehead atoms. The van der Waals surface area contributed by atoms with Gasteiger partial charge in [0.05, 0.1) is 0 Å². The first-order valence-electron chi connectivity index (χ1n) is 3.58. The summed E-state index contributed by atoms with van der Waals surface area (Å²) in [5.41, 5.74) is -1.60. The Balaban J connectivity index is 4.06. The largest absolute Gasteiger partial charge is 0.375 e. The van der Waals surface area contributed by atoms with Crippen LogP contribution in [0.25, 0.3) is 0 Å². The summed E-state index contributed by atoms with van der Waals surface area (Å²) in [4.78, 5) is 10.9. The summed E-state index contributed by atoms with van der Waals surface area (Å²) in [6.07, 6.45) is -0.458. The summed E-state index contributed by atoms with van der Waals surface area (Å²) in [6.45, 7) is 4.84. The molecule has 0 aromatic heterocycles. The summed E-state index contributed by atoms with van der Waals surface area (Å²) in [5, 5.41) is 8.80. The van der Waals surface area contributed by atoms with E-state index in [1.807, 2.05) is 0 Å². The lowest BCUT2D eigenvalue weighted by atomic mass is 10.1. The third-order valence-corrected chi connectivity index (χ3v) is 2.36. The molecule has 0 rings (SSSR count). The van der Waals surface area contributed by atoms with E-state index >= 15 is 0 Å². The summed E-state index contributed by atoms with van der Waals surface area (Å²) in [7, 11) is -4.45. The smallest absolute Gasteiger partial charge is 0.292 e. The molecule has 0 radical (unpaired) electrons. The van der Waals surface area contributed by atoms with Gasteiger partial charge in [-0.25, -0.2) is 0 Å². The third kappa shape index (κ3) is 4.76. The first kappa shape index (κ1) is 12.3. The maximum Gasteiger partial charge on any atom is 0.292 e. The van der Waals surface area contributed by atoms with Crippen molar-refractivity contribution in [3.8, 4) is 0 Å². The normalized spacial score (nSPS) is 13.8. The van der Waals surface area contributed by atoms with Crippen molar-refractivity contribution in [2.45, 2.75) is 25.2 Å². The average Bonchev–Trinajstić information content (AvgIpc) is 1.97. The minimum atomic E-state index is -4.45. The number of allylic oxidation sites excluding steroid dienone is 1. The van der Waals surface area contributed by atoms with Gasteiger partial charge >= 0.3 is 0 Å². The van der Waals surface area contributed by atoms with E-state index in [0.717, 1.165) is 0 Å². The minimum Gasteiger partial charge on any atom is -0.375 e. The highest BCUT2D eigenvalue weighted by Crippen LogP contribution is 2.06. The second kappa shape index (κ2) is 4.50. The Bertz CT molecular complexity index is 303. The molecule has 2 N–H and O–H groups in total. The van der Waals surface area contributed by atoms with Crippen molar-refractivity contribution in [2.24, 2.45) is 0 Å². The average molecular weight is 208 g/mol. The summed E-state index contributed by atoms with van der Waals surface area (Å²) >= 11 is 0. The van der Waals surface area contributed by atoms with Gasteiger partial charge in [-0.3, -0.25) is 9.35 Å². The van der Waals surface area contributed by atoms with Crippen molar-refractivity contribution in [1.82, 2.24) is 0 Å². The van der Waals surface area contributed by atoms with Crippen molar-refractivity contribution in [2.75, 3.05) is 0 Å². The molecule has 1 atom stereocenters. The van der Waals surface area contributed by atoms with Crippen molar-refractivity contribution < 1.29 is 22.9 Å². The molecule has 0 fully saturated rings. The van der Waals surface area contributed by atoms with Crippen LogP contribution in [0, 0.1) is 0 Å². The van der Waals surface area contributed by atoms with Crippen molar-refractivity contribution in [3.05, 3.63) is 12.2 Å². The van der Waals surface area contributed by atoms with Crippen LogP contribution >= 0.6 is 0 Å². The van der Waals surface area contributed by atoms with E-state index in [1.165, 1.54) is 6.92 Å². The maximum absolute atomic E-state index is 10.9. The molecule has 0 amide bonds. The number of ketones is 1. The van der Waals surface area contributed by atoms with E-state index in [1.54, 1.807) is 0 Å². The fourth-order valence-corrected chi connectivity index (χ4v) is 1.03. The lowest BCUT2D eigenvalue weighted by Crippen LogP contribution is -2.20. The lowest BCUT2D eigenvalue weighted by Gasteiger charge is -2.05. The molecule has 6 heteroatoms. The zero-order valence-electron chi connectivity index (χ0n) is 7.23. The highest BCUT2D eigenvalue weighted by atomic mass is 32.2. The number of aliphatic hydroxyl groups is 1. The number of rotatable bonds is 5. The van der Waals surface area contributed by atoms with Gasteiger partial charge in [0.2, 0.25) is 0 Å². The Kier molecular flexibility index (Phi) is 4.25. The standard InChI is InChI=1S/C7H12O5S/c1-5(2)6(8)3-4-7(9)13(10,11)12/h7,9H,1,3-4H2,2H3,(H,10,11,12). The van der Waals surface area contributed by atoms with Gasteiger partial charge in [-0.1, -0.05) is 6.58 Å². The molecular weight excluding hydrogens is 196 g/mol. The second-order valence-electron chi connectivity index (χ2n) is 2.71. The van der Waals surface area contributed by atoms with Crippen LogP contribution in [0.3, 0.4) is 0 Å². The van der Waals surface area contributed by atoms with Gasteiger partial charge < -0.3 is 5.11 Å². The molecule has 0 saturated heterocycles. The Morgan fingerprint density at radius 1 is 1.54 bits per heavy atom. The zero-order chi connectivity index (χ0) is 10.6. The molecular formula is C7H12O5S. The van der Waals surface area contributed by atoms with Crippen LogP contribution in [0.2, 0.25) is 0 Å². The van der Waals surface area contributed by atoms with Crippen molar-refractivity contribution >= 4 is 15.9 Å².